The average molecular weight is 481 g/mol. The maximum absolute atomic E-state index is 13.0. The molecule has 0 bridgehead atoms. The molecule has 1 atom stereocenters. The lowest BCUT2D eigenvalue weighted by molar-refractivity contribution is -0.137. The molecule has 0 radical (unpaired) electrons. The molecule has 2 amide bonds. The van der Waals surface area contributed by atoms with Gasteiger partial charge in [-0.25, -0.2) is 4.98 Å². The van der Waals surface area contributed by atoms with Gasteiger partial charge in [0.05, 0.1) is 21.5 Å². The summed E-state index contributed by atoms with van der Waals surface area (Å²) in [5.74, 6) is -0.965. The van der Waals surface area contributed by atoms with Gasteiger partial charge in [0, 0.05) is 24.9 Å². The number of halogens is 4. The Morgan fingerprint density at radius 2 is 1.85 bits per heavy atom. The molecular formula is C23H24ClF3N4O2. The third kappa shape index (κ3) is 5.84. The highest BCUT2D eigenvalue weighted by Crippen LogP contribution is 2.32. The Balaban J connectivity index is 1.85. The molecule has 6 nitrogen and oxygen atoms in total. The van der Waals surface area contributed by atoms with Crippen LogP contribution >= 0.6 is 11.6 Å². The molecular weight excluding hydrogens is 457 g/mol. The van der Waals surface area contributed by atoms with Crippen molar-refractivity contribution in [2.24, 2.45) is 11.7 Å². The molecule has 2 aromatic heterocycles. The number of alkyl halides is 3. The van der Waals surface area contributed by atoms with Crippen LogP contribution < -0.4 is 11.1 Å². The zero-order valence-corrected chi connectivity index (χ0v) is 18.9. The number of aromatic nitrogens is 2. The minimum Gasteiger partial charge on any atom is -0.368 e. The number of amides is 2. The Hall–Kier alpha value is -3.07. The van der Waals surface area contributed by atoms with E-state index in [1.54, 1.807) is 6.07 Å². The van der Waals surface area contributed by atoms with Gasteiger partial charge in [0.2, 0.25) is 5.91 Å². The van der Waals surface area contributed by atoms with E-state index in [1.807, 2.05) is 13.8 Å². The summed E-state index contributed by atoms with van der Waals surface area (Å²) in [6.07, 6.45) is -0.809. The van der Waals surface area contributed by atoms with Gasteiger partial charge >= 0.3 is 6.18 Å². The highest BCUT2D eigenvalue weighted by Gasteiger charge is 2.30. The molecule has 33 heavy (non-hydrogen) atoms. The molecule has 1 aromatic carbocycles. The number of rotatable bonds is 8. The maximum atomic E-state index is 13.0. The second-order valence-electron chi connectivity index (χ2n) is 8.28. The molecule has 0 aliphatic rings. The Kier molecular flexibility index (Phi) is 7.31. The van der Waals surface area contributed by atoms with Gasteiger partial charge in [0.15, 0.2) is 0 Å². The predicted molar refractivity (Wildman–Crippen MR) is 120 cm³/mol. The van der Waals surface area contributed by atoms with Crippen molar-refractivity contribution >= 4 is 34.4 Å². The number of fused-ring (bicyclic) bond motifs is 1. The topological polar surface area (TPSA) is 90.0 Å². The molecule has 0 spiro atoms. The summed E-state index contributed by atoms with van der Waals surface area (Å²) < 4.78 is 40.2. The predicted octanol–water partition coefficient (Wildman–Crippen LogP) is 4.75. The van der Waals surface area contributed by atoms with Crippen LogP contribution in [0.25, 0.3) is 11.0 Å². The third-order valence-corrected chi connectivity index (χ3v) is 5.57. The minimum atomic E-state index is -4.41. The summed E-state index contributed by atoms with van der Waals surface area (Å²) >= 11 is 6.29. The van der Waals surface area contributed by atoms with E-state index in [9.17, 15) is 22.8 Å². The van der Waals surface area contributed by atoms with Crippen LogP contribution in [-0.4, -0.2) is 27.9 Å². The molecule has 3 rings (SSSR count). The largest absolute Gasteiger partial charge is 0.416 e. The number of hydrogen-bond acceptors (Lipinski definition) is 3. The molecule has 0 aliphatic carbocycles. The molecule has 3 N–H and O–H groups in total. The summed E-state index contributed by atoms with van der Waals surface area (Å²) in [6.45, 7) is 4.05. The summed E-state index contributed by atoms with van der Waals surface area (Å²) in [6, 6.07) is 6.53. The van der Waals surface area contributed by atoms with Crippen molar-refractivity contribution in [2.75, 3.05) is 6.54 Å². The van der Waals surface area contributed by atoms with Crippen LogP contribution in [0.1, 0.15) is 47.7 Å². The number of nitrogens with two attached hydrogens (primary N) is 1. The van der Waals surface area contributed by atoms with E-state index in [-0.39, 0.29) is 30.5 Å². The monoisotopic (exact) mass is 480 g/mol. The van der Waals surface area contributed by atoms with E-state index in [2.05, 4.69) is 10.3 Å². The van der Waals surface area contributed by atoms with E-state index in [4.69, 9.17) is 17.3 Å². The van der Waals surface area contributed by atoms with Crippen LogP contribution in [0.5, 0.6) is 0 Å². The molecule has 0 saturated heterocycles. The Morgan fingerprint density at radius 3 is 2.42 bits per heavy atom. The van der Waals surface area contributed by atoms with Gasteiger partial charge < -0.3 is 15.6 Å². The van der Waals surface area contributed by atoms with Crippen molar-refractivity contribution in [3.8, 4) is 0 Å². The van der Waals surface area contributed by atoms with Crippen molar-refractivity contribution in [1.82, 2.24) is 14.9 Å². The fourth-order valence-corrected chi connectivity index (χ4v) is 4.04. The first kappa shape index (κ1) is 24.6. The molecule has 0 saturated carbocycles. The molecule has 2 heterocycles. The van der Waals surface area contributed by atoms with E-state index in [0.29, 0.717) is 28.0 Å². The number of nitrogens with zero attached hydrogens (tertiary/aromatic N) is 2. The van der Waals surface area contributed by atoms with Crippen molar-refractivity contribution in [2.45, 2.75) is 38.9 Å². The van der Waals surface area contributed by atoms with Gasteiger partial charge in [-0.15, -0.1) is 0 Å². The Bertz CT molecular complexity index is 1160. The maximum Gasteiger partial charge on any atom is 0.416 e. The van der Waals surface area contributed by atoms with Gasteiger partial charge in [-0.05, 0) is 36.1 Å². The molecule has 1 unspecified atom stereocenters. The van der Waals surface area contributed by atoms with E-state index in [0.717, 1.165) is 12.1 Å². The fourth-order valence-electron chi connectivity index (χ4n) is 3.80. The van der Waals surface area contributed by atoms with Gasteiger partial charge in [-0.1, -0.05) is 37.6 Å². The third-order valence-electron chi connectivity index (χ3n) is 5.25. The lowest BCUT2D eigenvalue weighted by atomic mass is 9.89. The quantitative estimate of drug-likeness (QED) is 0.487. The summed E-state index contributed by atoms with van der Waals surface area (Å²) in [5.41, 5.74) is 5.87. The first-order valence-electron chi connectivity index (χ1n) is 10.3. The second-order valence-corrected chi connectivity index (χ2v) is 8.69. The van der Waals surface area contributed by atoms with Gasteiger partial charge in [-0.3, -0.25) is 9.59 Å². The van der Waals surface area contributed by atoms with Crippen LogP contribution in [0.4, 0.5) is 13.2 Å². The SMILES string of the molecule is CC(C)CC(CNC(=O)c1cn(CC(N)=O)c2nccc(Cl)c12)c1ccc(C(F)(F)F)cc1. The highest BCUT2D eigenvalue weighted by molar-refractivity contribution is 6.36. The van der Waals surface area contributed by atoms with Gasteiger partial charge in [0.1, 0.15) is 12.2 Å². The molecule has 0 fully saturated rings. The lowest BCUT2D eigenvalue weighted by Gasteiger charge is -2.21. The molecule has 10 heteroatoms. The lowest BCUT2D eigenvalue weighted by Crippen LogP contribution is -2.29. The van der Waals surface area contributed by atoms with E-state index < -0.39 is 23.6 Å². The first-order valence-corrected chi connectivity index (χ1v) is 10.7. The van der Waals surface area contributed by atoms with Gasteiger partial charge in [-0.2, -0.15) is 13.2 Å². The Morgan fingerprint density at radius 1 is 1.18 bits per heavy atom. The van der Waals surface area contributed by atoms with Gasteiger partial charge in [0.25, 0.3) is 5.91 Å². The summed E-state index contributed by atoms with van der Waals surface area (Å²) in [4.78, 5) is 28.7. The van der Waals surface area contributed by atoms with Crippen LogP contribution in [0.2, 0.25) is 5.02 Å². The average Bonchev–Trinajstić information content (AvgIpc) is 3.09. The second kappa shape index (κ2) is 9.82. The van der Waals surface area contributed by atoms with Crippen LogP contribution in [0, 0.1) is 5.92 Å². The van der Waals surface area contributed by atoms with Crippen LogP contribution in [0.15, 0.2) is 42.7 Å². The zero-order valence-electron chi connectivity index (χ0n) is 18.1. The zero-order chi connectivity index (χ0) is 24.3. The molecule has 3 aromatic rings. The first-order chi connectivity index (χ1) is 15.5. The van der Waals surface area contributed by atoms with Crippen molar-refractivity contribution < 1.29 is 22.8 Å². The molecule has 176 valence electrons. The van der Waals surface area contributed by atoms with Crippen LogP contribution in [-0.2, 0) is 17.5 Å². The normalized spacial score (nSPS) is 12.8. The Labute approximate surface area is 193 Å². The smallest absolute Gasteiger partial charge is 0.368 e. The molecule has 0 aliphatic heterocycles. The number of pyridine rings is 1. The number of carbonyl (C=O) groups is 2. The fraction of sp³-hybridized carbons (Fsp3) is 0.348. The number of primary amides is 1. The standard InChI is InChI=1S/C23H24ClF3N4O2/c1-13(2)9-15(14-3-5-16(6-4-14)23(25,26)27)10-30-22(33)17-11-31(12-19(28)32)21-20(17)18(24)7-8-29-21/h3-8,11,13,15H,9-10,12H2,1-2H3,(H2,28,32)(H,30,33). The number of hydrogen-bond donors (Lipinski definition) is 2. The van der Waals surface area contributed by atoms with Crippen molar-refractivity contribution in [1.29, 1.82) is 0 Å². The van der Waals surface area contributed by atoms with E-state index in [1.165, 1.54) is 29.1 Å². The number of carbonyl (C=O) groups excluding carboxylic acids is 2. The van der Waals surface area contributed by atoms with E-state index >= 15 is 0 Å². The summed E-state index contributed by atoms with van der Waals surface area (Å²) in [5, 5.41) is 3.55. The highest BCUT2D eigenvalue weighted by atomic mass is 35.5. The summed E-state index contributed by atoms with van der Waals surface area (Å²) in [7, 11) is 0. The van der Waals surface area contributed by atoms with Crippen LogP contribution in [0.3, 0.4) is 0 Å². The minimum absolute atomic E-state index is 0.168. The number of nitrogens with one attached hydrogen (secondary N) is 1. The van der Waals surface area contributed by atoms with Crippen molar-refractivity contribution in [3.63, 3.8) is 0 Å². The van der Waals surface area contributed by atoms with Crippen molar-refractivity contribution in [3.05, 3.63) is 64.4 Å². The number of benzene rings is 1.